The zero-order valence-electron chi connectivity index (χ0n) is 15.9. The third-order valence-corrected chi connectivity index (χ3v) is 7.40. The van der Waals surface area contributed by atoms with E-state index < -0.39 is 0 Å². The van der Waals surface area contributed by atoms with Crippen LogP contribution >= 0.6 is 11.3 Å². The summed E-state index contributed by atoms with van der Waals surface area (Å²) in [6.07, 6.45) is 7.16. The highest BCUT2D eigenvalue weighted by Gasteiger charge is 2.39. The van der Waals surface area contributed by atoms with E-state index >= 15 is 0 Å². The zero-order valence-corrected chi connectivity index (χ0v) is 16.7. The van der Waals surface area contributed by atoms with Gasteiger partial charge in [0.05, 0.1) is 22.3 Å². The van der Waals surface area contributed by atoms with Crippen LogP contribution in [0.4, 0.5) is 0 Å². The number of benzene rings is 1. The molecule has 4 nitrogen and oxygen atoms in total. The van der Waals surface area contributed by atoms with E-state index in [1.54, 1.807) is 7.11 Å². The molecule has 3 heterocycles. The van der Waals surface area contributed by atoms with Crippen molar-refractivity contribution in [1.29, 1.82) is 0 Å². The average molecular weight is 380 g/mol. The van der Waals surface area contributed by atoms with Crippen LogP contribution in [0.3, 0.4) is 0 Å². The van der Waals surface area contributed by atoms with Gasteiger partial charge in [-0.2, -0.15) is 0 Å². The summed E-state index contributed by atoms with van der Waals surface area (Å²) in [4.78, 5) is 12.0. The molecule has 3 aromatic rings. The highest BCUT2D eigenvalue weighted by molar-refractivity contribution is 7.18. The van der Waals surface area contributed by atoms with E-state index in [1.165, 1.54) is 47.5 Å². The van der Waals surface area contributed by atoms with E-state index in [0.29, 0.717) is 11.8 Å². The smallest absolute Gasteiger partial charge is 0.212 e. The standard InChI is InChI=1S/C22H25N3OS/c1-14-4-3-9-25(14)18-10-17(11-18)22-24-19-7-5-15(12-20(19)27-22)16-6-8-21(26-2)23-13-16/h5-8,12-14,17-18H,3-4,9-11H2,1-2H3/t14-,17?,18?/m0/s1. The first-order chi connectivity index (χ1) is 13.2. The molecule has 27 heavy (non-hydrogen) atoms. The van der Waals surface area contributed by atoms with Gasteiger partial charge >= 0.3 is 0 Å². The van der Waals surface area contributed by atoms with E-state index in [4.69, 9.17) is 9.72 Å². The maximum Gasteiger partial charge on any atom is 0.212 e. The molecule has 1 saturated carbocycles. The minimum Gasteiger partial charge on any atom is -0.481 e. The molecule has 0 amide bonds. The second-order valence-corrected chi connectivity index (χ2v) is 8.94. The van der Waals surface area contributed by atoms with Crippen molar-refractivity contribution in [2.75, 3.05) is 13.7 Å². The van der Waals surface area contributed by atoms with Crippen molar-refractivity contribution in [2.45, 2.75) is 50.6 Å². The predicted molar refractivity (Wildman–Crippen MR) is 111 cm³/mol. The molecule has 2 fully saturated rings. The maximum atomic E-state index is 5.15. The van der Waals surface area contributed by atoms with Crippen LogP contribution in [0.15, 0.2) is 36.5 Å². The van der Waals surface area contributed by atoms with E-state index in [1.807, 2.05) is 23.6 Å². The number of likely N-dealkylation sites (tertiary alicyclic amines) is 1. The molecule has 0 bridgehead atoms. The molecule has 1 aromatic carbocycles. The Morgan fingerprint density at radius 2 is 2.00 bits per heavy atom. The van der Waals surface area contributed by atoms with Crippen molar-refractivity contribution in [3.05, 3.63) is 41.5 Å². The molecule has 0 N–H and O–H groups in total. The number of ether oxygens (including phenoxy) is 1. The Morgan fingerprint density at radius 3 is 2.70 bits per heavy atom. The SMILES string of the molecule is COc1ccc(-c2ccc3nc(C4CC(N5CCC[C@@H]5C)C4)sc3c2)cn1. The third-order valence-electron chi connectivity index (χ3n) is 6.22. The van der Waals surface area contributed by atoms with Gasteiger partial charge in [-0.05, 0) is 62.9 Å². The van der Waals surface area contributed by atoms with Gasteiger partial charge in [0.2, 0.25) is 5.88 Å². The van der Waals surface area contributed by atoms with E-state index in [9.17, 15) is 0 Å². The maximum absolute atomic E-state index is 5.15. The monoisotopic (exact) mass is 379 g/mol. The van der Waals surface area contributed by atoms with Crippen LogP contribution in [0.5, 0.6) is 5.88 Å². The molecule has 1 aliphatic heterocycles. The molecule has 5 rings (SSSR count). The number of aromatic nitrogens is 2. The Bertz CT molecular complexity index is 946. The summed E-state index contributed by atoms with van der Waals surface area (Å²) in [5.74, 6) is 1.29. The highest BCUT2D eigenvalue weighted by atomic mass is 32.1. The van der Waals surface area contributed by atoms with Crippen molar-refractivity contribution < 1.29 is 4.74 Å². The van der Waals surface area contributed by atoms with Crippen LogP contribution in [0, 0.1) is 0 Å². The normalized spacial score (nSPS) is 25.6. The van der Waals surface area contributed by atoms with Crippen LogP contribution < -0.4 is 4.74 Å². The fourth-order valence-electron chi connectivity index (χ4n) is 4.53. The van der Waals surface area contributed by atoms with E-state index in [2.05, 4.69) is 41.1 Å². The fourth-order valence-corrected chi connectivity index (χ4v) is 5.66. The Kier molecular flexibility index (Phi) is 4.37. The van der Waals surface area contributed by atoms with Gasteiger partial charge in [0.15, 0.2) is 0 Å². The summed E-state index contributed by atoms with van der Waals surface area (Å²) in [5, 5.41) is 1.32. The van der Waals surface area contributed by atoms with Crippen LogP contribution in [0.1, 0.15) is 43.5 Å². The number of thiazole rings is 1. The molecule has 140 valence electrons. The van der Waals surface area contributed by atoms with Crippen molar-refractivity contribution >= 4 is 21.6 Å². The molecule has 1 atom stereocenters. The minimum atomic E-state index is 0.645. The van der Waals surface area contributed by atoms with Gasteiger partial charge in [-0.25, -0.2) is 9.97 Å². The lowest BCUT2D eigenvalue weighted by molar-refractivity contribution is 0.103. The number of hydrogen-bond donors (Lipinski definition) is 0. The molecular formula is C22H25N3OS. The Morgan fingerprint density at radius 1 is 1.15 bits per heavy atom. The van der Waals surface area contributed by atoms with E-state index in [-0.39, 0.29) is 0 Å². The lowest BCUT2D eigenvalue weighted by Gasteiger charge is -2.42. The molecule has 1 aliphatic carbocycles. The molecule has 2 aliphatic rings. The van der Waals surface area contributed by atoms with Gasteiger partial charge in [-0.3, -0.25) is 4.90 Å². The van der Waals surface area contributed by atoms with Crippen LogP contribution in [0.25, 0.3) is 21.3 Å². The first-order valence-electron chi connectivity index (χ1n) is 9.88. The second-order valence-electron chi connectivity index (χ2n) is 7.88. The summed E-state index contributed by atoms with van der Waals surface area (Å²) < 4.78 is 6.43. The Labute approximate surface area is 164 Å². The van der Waals surface area contributed by atoms with Gasteiger partial charge in [0, 0.05) is 35.8 Å². The molecule has 0 radical (unpaired) electrons. The van der Waals surface area contributed by atoms with Gasteiger partial charge in [-0.15, -0.1) is 11.3 Å². The summed E-state index contributed by atoms with van der Waals surface area (Å²) in [6, 6.07) is 12.1. The largest absolute Gasteiger partial charge is 0.481 e. The molecule has 1 saturated heterocycles. The number of nitrogens with zero attached hydrogens (tertiary/aromatic N) is 3. The quantitative estimate of drug-likeness (QED) is 0.632. The lowest BCUT2D eigenvalue weighted by atomic mass is 9.79. The lowest BCUT2D eigenvalue weighted by Crippen LogP contribution is -2.45. The molecule has 2 aromatic heterocycles. The van der Waals surface area contributed by atoms with Crippen molar-refractivity contribution in [1.82, 2.24) is 14.9 Å². The average Bonchev–Trinajstić information content (AvgIpc) is 3.26. The van der Waals surface area contributed by atoms with Crippen molar-refractivity contribution in [3.63, 3.8) is 0 Å². The Balaban J connectivity index is 1.34. The number of hydrogen-bond acceptors (Lipinski definition) is 5. The van der Waals surface area contributed by atoms with Crippen molar-refractivity contribution in [3.8, 4) is 17.0 Å². The van der Waals surface area contributed by atoms with Gasteiger partial charge in [0.25, 0.3) is 0 Å². The number of methoxy groups -OCH3 is 1. The first kappa shape index (κ1) is 17.1. The van der Waals surface area contributed by atoms with Gasteiger partial charge in [0.1, 0.15) is 0 Å². The predicted octanol–water partition coefficient (Wildman–Crippen LogP) is 5.10. The van der Waals surface area contributed by atoms with E-state index in [0.717, 1.165) is 23.2 Å². The molecule has 5 heteroatoms. The summed E-state index contributed by atoms with van der Waals surface area (Å²) in [6.45, 7) is 3.67. The summed E-state index contributed by atoms with van der Waals surface area (Å²) in [5.41, 5.74) is 3.42. The van der Waals surface area contributed by atoms with Crippen molar-refractivity contribution in [2.24, 2.45) is 0 Å². The number of pyridine rings is 1. The van der Waals surface area contributed by atoms with Gasteiger partial charge < -0.3 is 4.74 Å². The molecule has 0 spiro atoms. The summed E-state index contributed by atoms with van der Waals surface area (Å²) in [7, 11) is 1.64. The number of fused-ring (bicyclic) bond motifs is 1. The summed E-state index contributed by atoms with van der Waals surface area (Å²) >= 11 is 1.87. The second kappa shape index (κ2) is 6.88. The minimum absolute atomic E-state index is 0.645. The first-order valence-corrected chi connectivity index (χ1v) is 10.7. The third kappa shape index (κ3) is 3.13. The Hall–Kier alpha value is -1.98. The molecular weight excluding hydrogens is 354 g/mol. The molecule has 0 unspecified atom stereocenters. The van der Waals surface area contributed by atoms with Crippen LogP contribution in [0.2, 0.25) is 0 Å². The van der Waals surface area contributed by atoms with Gasteiger partial charge in [-0.1, -0.05) is 6.07 Å². The fraction of sp³-hybridized carbons (Fsp3) is 0.455. The van der Waals surface area contributed by atoms with Crippen LogP contribution in [-0.4, -0.2) is 40.6 Å². The topological polar surface area (TPSA) is 38.2 Å². The van der Waals surface area contributed by atoms with Crippen LogP contribution in [-0.2, 0) is 0 Å². The highest BCUT2D eigenvalue weighted by Crippen LogP contribution is 2.44. The zero-order chi connectivity index (χ0) is 18.4. The number of rotatable bonds is 4.